The van der Waals surface area contributed by atoms with Crippen LogP contribution in [-0.2, 0) is 6.54 Å². The summed E-state index contributed by atoms with van der Waals surface area (Å²) in [6, 6.07) is 19.1. The van der Waals surface area contributed by atoms with E-state index in [-0.39, 0.29) is 11.3 Å². The monoisotopic (exact) mass is 343 g/mol. The molecule has 3 N–H and O–H groups in total. The highest BCUT2D eigenvalue weighted by Gasteiger charge is 2.10. The number of primary amides is 1. The minimum absolute atomic E-state index is 0.106. The molecule has 5 nitrogen and oxygen atoms in total. The molecule has 5 heteroatoms. The summed E-state index contributed by atoms with van der Waals surface area (Å²) in [4.78, 5) is 15.8. The van der Waals surface area contributed by atoms with Crippen molar-refractivity contribution in [1.29, 1.82) is 0 Å². The molecule has 26 heavy (non-hydrogen) atoms. The van der Waals surface area contributed by atoms with Crippen molar-refractivity contribution in [2.24, 2.45) is 5.73 Å². The Bertz CT molecular complexity index is 1100. The number of fused-ring (bicyclic) bond motifs is 1. The summed E-state index contributed by atoms with van der Waals surface area (Å²) in [5, 5.41) is 11.0. The number of aromatic nitrogens is 2. The summed E-state index contributed by atoms with van der Waals surface area (Å²) in [6.45, 7) is 0.536. The molecule has 0 aliphatic heterocycles. The second kappa shape index (κ2) is 6.37. The molecular weight excluding hydrogens is 326 g/mol. The molecule has 0 atom stereocenters. The topological polar surface area (TPSA) is 81.1 Å². The molecule has 0 aliphatic rings. The Labute approximate surface area is 150 Å². The maximum Gasteiger partial charge on any atom is 0.252 e. The molecule has 0 unspecified atom stereocenters. The Kier molecular flexibility index (Phi) is 3.89. The number of carbonyl (C=O) groups is 1. The second-order valence-corrected chi connectivity index (χ2v) is 6.16. The molecule has 0 spiro atoms. The molecular formula is C21H17N3O2. The van der Waals surface area contributed by atoms with Crippen molar-refractivity contribution in [1.82, 2.24) is 9.55 Å². The van der Waals surface area contributed by atoms with E-state index in [9.17, 15) is 9.90 Å². The summed E-state index contributed by atoms with van der Waals surface area (Å²) in [5.41, 5.74) is 9.26. The van der Waals surface area contributed by atoms with Crippen LogP contribution in [0.25, 0.3) is 22.2 Å². The number of rotatable bonds is 4. The van der Waals surface area contributed by atoms with Crippen LogP contribution < -0.4 is 5.73 Å². The lowest BCUT2D eigenvalue weighted by Crippen LogP contribution is -2.11. The van der Waals surface area contributed by atoms with Gasteiger partial charge < -0.3 is 15.4 Å². The van der Waals surface area contributed by atoms with Gasteiger partial charge in [0.15, 0.2) is 0 Å². The number of aromatic hydroxyl groups is 1. The molecule has 2 aromatic heterocycles. The molecule has 4 aromatic rings. The Morgan fingerprint density at radius 3 is 2.58 bits per heavy atom. The van der Waals surface area contributed by atoms with E-state index in [0.717, 1.165) is 27.7 Å². The van der Waals surface area contributed by atoms with E-state index in [4.69, 9.17) is 5.73 Å². The third-order valence-electron chi connectivity index (χ3n) is 4.39. The van der Waals surface area contributed by atoms with Crippen molar-refractivity contribution < 1.29 is 9.90 Å². The molecule has 0 bridgehead atoms. The number of carbonyl (C=O) groups excluding carboxylic acids is 1. The molecule has 4 rings (SSSR count). The van der Waals surface area contributed by atoms with Gasteiger partial charge in [0.2, 0.25) is 0 Å². The fraction of sp³-hybridized carbons (Fsp3) is 0.0476. The van der Waals surface area contributed by atoms with Crippen molar-refractivity contribution in [2.45, 2.75) is 6.54 Å². The highest BCUT2D eigenvalue weighted by Crippen LogP contribution is 2.24. The number of hydrogen-bond donors (Lipinski definition) is 2. The summed E-state index contributed by atoms with van der Waals surface area (Å²) < 4.78 is 2.00. The predicted octanol–water partition coefficient (Wildman–Crippen LogP) is 3.56. The number of hydrogen-bond acceptors (Lipinski definition) is 3. The molecule has 0 saturated heterocycles. The van der Waals surface area contributed by atoms with Crippen molar-refractivity contribution in [3.8, 4) is 16.9 Å². The van der Waals surface area contributed by atoms with Gasteiger partial charge in [-0.3, -0.25) is 4.79 Å². The zero-order valence-corrected chi connectivity index (χ0v) is 14.0. The van der Waals surface area contributed by atoms with Gasteiger partial charge >= 0.3 is 0 Å². The van der Waals surface area contributed by atoms with E-state index in [1.54, 1.807) is 18.2 Å². The second-order valence-electron chi connectivity index (χ2n) is 6.16. The molecule has 2 aromatic carbocycles. The van der Waals surface area contributed by atoms with Crippen molar-refractivity contribution in [2.75, 3.05) is 0 Å². The van der Waals surface area contributed by atoms with Gasteiger partial charge in [0.05, 0.1) is 5.56 Å². The van der Waals surface area contributed by atoms with Gasteiger partial charge in [0.1, 0.15) is 11.4 Å². The number of nitrogens with two attached hydrogens (primary N) is 1. The van der Waals surface area contributed by atoms with E-state index in [1.807, 2.05) is 41.2 Å². The van der Waals surface area contributed by atoms with Gasteiger partial charge in [0.25, 0.3) is 5.91 Å². The van der Waals surface area contributed by atoms with E-state index in [1.165, 1.54) is 0 Å². The van der Waals surface area contributed by atoms with E-state index in [2.05, 4.69) is 23.2 Å². The van der Waals surface area contributed by atoms with Crippen LogP contribution in [0, 0.1) is 0 Å². The normalized spacial score (nSPS) is 10.9. The van der Waals surface area contributed by atoms with Crippen LogP contribution in [0.1, 0.15) is 15.9 Å². The summed E-state index contributed by atoms with van der Waals surface area (Å²) in [5.74, 6) is -0.749. The maximum absolute atomic E-state index is 11.2. The first-order valence-electron chi connectivity index (χ1n) is 8.24. The Morgan fingerprint density at radius 2 is 1.85 bits per heavy atom. The van der Waals surface area contributed by atoms with E-state index < -0.39 is 5.91 Å². The SMILES string of the molecule is NC(=O)c1ccc(Cn2ccc3cc(-c4ccccc4)cnc32)cc1O. The fourth-order valence-corrected chi connectivity index (χ4v) is 3.07. The number of amides is 1. The van der Waals surface area contributed by atoms with Gasteiger partial charge in [-0.25, -0.2) is 4.98 Å². The third-order valence-corrected chi connectivity index (χ3v) is 4.39. The average Bonchev–Trinajstić information content (AvgIpc) is 3.04. The van der Waals surface area contributed by atoms with Gasteiger partial charge in [-0.05, 0) is 35.4 Å². The lowest BCUT2D eigenvalue weighted by atomic mass is 10.1. The first-order valence-corrected chi connectivity index (χ1v) is 8.24. The van der Waals surface area contributed by atoms with Crippen molar-refractivity contribution in [3.05, 3.63) is 84.2 Å². The summed E-state index contributed by atoms with van der Waals surface area (Å²) >= 11 is 0. The van der Waals surface area contributed by atoms with Gasteiger partial charge in [-0.15, -0.1) is 0 Å². The van der Waals surface area contributed by atoms with Crippen molar-refractivity contribution >= 4 is 16.9 Å². The first-order chi connectivity index (χ1) is 12.6. The highest BCUT2D eigenvalue weighted by molar-refractivity contribution is 5.95. The smallest absolute Gasteiger partial charge is 0.252 e. The quantitative estimate of drug-likeness (QED) is 0.594. The van der Waals surface area contributed by atoms with Crippen LogP contribution >= 0.6 is 0 Å². The third kappa shape index (κ3) is 2.91. The van der Waals surface area contributed by atoms with Crippen LogP contribution in [0.4, 0.5) is 0 Å². The maximum atomic E-state index is 11.2. The standard InChI is InChI=1S/C21H17N3O2/c22-20(26)18-7-6-14(10-19(18)25)13-24-9-8-16-11-17(12-23-21(16)24)15-4-2-1-3-5-15/h1-12,25H,13H2,(H2,22,26). The van der Waals surface area contributed by atoms with Crippen LogP contribution in [0.5, 0.6) is 5.75 Å². The van der Waals surface area contributed by atoms with Crippen LogP contribution in [0.15, 0.2) is 73.1 Å². The predicted molar refractivity (Wildman–Crippen MR) is 101 cm³/mol. The van der Waals surface area contributed by atoms with E-state index in [0.29, 0.717) is 6.54 Å². The number of phenols is 1. The van der Waals surface area contributed by atoms with Gasteiger partial charge in [0, 0.05) is 29.9 Å². The Balaban J connectivity index is 1.66. The Morgan fingerprint density at radius 1 is 1.04 bits per heavy atom. The number of pyridine rings is 1. The molecule has 0 radical (unpaired) electrons. The molecule has 0 aliphatic carbocycles. The van der Waals surface area contributed by atoms with Crippen molar-refractivity contribution in [3.63, 3.8) is 0 Å². The average molecular weight is 343 g/mol. The number of nitrogens with zero attached hydrogens (tertiary/aromatic N) is 2. The lowest BCUT2D eigenvalue weighted by Gasteiger charge is -2.08. The molecule has 0 saturated carbocycles. The van der Waals surface area contributed by atoms with Gasteiger partial charge in [-0.2, -0.15) is 0 Å². The highest BCUT2D eigenvalue weighted by atomic mass is 16.3. The van der Waals surface area contributed by atoms with Crippen LogP contribution in [0.3, 0.4) is 0 Å². The largest absolute Gasteiger partial charge is 0.507 e. The first kappa shape index (κ1) is 15.9. The fourth-order valence-electron chi connectivity index (χ4n) is 3.07. The molecule has 128 valence electrons. The zero-order valence-electron chi connectivity index (χ0n) is 14.0. The Hall–Kier alpha value is -3.60. The molecule has 0 fully saturated rings. The minimum Gasteiger partial charge on any atom is -0.507 e. The van der Waals surface area contributed by atoms with E-state index >= 15 is 0 Å². The van der Waals surface area contributed by atoms with Gasteiger partial charge in [-0.1, -0.05) is 36.4 Å². The molecule has 1 amide bonds. The van der Waals surface area contributed by atoms with Crippen LogP contribution in [-0.4, -0.2) is 20.6 Å². The zero-order chi connectivity index (χ0) is 18.1. The lowest BCUT2D eigenvalue weighted by molar-refractivity contribution is 0.0998. The summed E-state index contributed by atoms with van der Waals surface area (Å²) in [7, 11) is 0. The molecule has 2 heterocycles. The number of benzene rings is 2. The summed E-state index contributed by atoms with van der Waals surface area (Å²) in [6.07, 6.45) is 3.83. The van der Waals surface area contributed by atoms with Crippen LogP contribution in [0.2, 0.25) is 0 Å². The minimum atomic E-state index is -0.643.